The van der Waals surface area contributed by atoms with Crippen molar-refractivity contribution in [2.75, 3.05) is 6.61 Å². The Balaban J connectivity index is 2.01. The molecule has 4 heteroatoms. The van der Waals surface area contributed by atoms with Crippen molar-refractivity contribution in [1.82, 2.24) is 4.98 Å². The molecule has 0 radical (unpaired) electrons. The first-order valence-electron chi connectivity index (χ1n) is 6.00. The summed E-state index contributed by atoms with van der Waals surface area (Å²) in [6, 6.07) is 0.0959. The van der Waals surface area contributed by atoms with E-state index in [-0.39, 0.29) is 6.04 Å². The molecule has 0 saturated carbocycles. The minimum absolute atomic E-state index is 0.0959. The molecule has 2 unspecified atom stereocenters. The number of aryl methyl sites for hydroxylation is 1. The topological polar surface area (TPSA) is 48.1 Å². The van der Waals surface area contributed by atoms with E-state index in [4.69, 9.17) is 10.5 Å². The standard InChI is InChI=1S/C12H20N2OS/c1-8(13)12-9(2)14-11(16-12)7-10-5-3-4-6-15-10/h8,10H,3-7,13H2,1-2H3. The van der Waals surface area contributed by atoms with Gasteiger partial charge in [-0.15, -0.1) is 11.3 Å². The maximum Gasteiger partial charge on any atom is 0.0957 e. The van der Waals surface area contributed by atoms with Crippen molar-refractivity contribution in [1.29, 1.82) is 0 Å². The Kier molecular flexibility index (Phi) is 3.95. The third-order valence-corrected chi connectivity index (χ3v) is 4.35. The van der Waals surface area contributed by atoms with Crippen molar-refractivity contribution in [3.63, 3.8) is 0 Å². The fourth-order valence-electron chi connectivity index (χ4n) is 2.14. The third kappa shape index (κ3) is 2.81. The molecule has 2 heterocycles. The summed E-state index contributed by atoms with van der Waals surface area (Å²) in [5, 5.41) is 1.18. The second-order valence-electron chi connectivity index (χ2n) is 4.54. The molecule has 1 aliphatic heterocycles. The van der Waals surface area contributed by atoms with Crippen LogP contribution in [0.1, 0.15) is 47.8 Å². The van der Waals surface area contributed by atoms with Gasteiger partial charge in [0.2, 0.25) is 0 Å². The van der Waals surface area contributed by atoms with Crippen molar-refractivity contribution in [3.05, 3.63) is 15.6 Å². The van der Waals surface area contributed by atoms with Crippen molar-refractivity contribution >= 4 is 11.3 Å². The summed E-state index contributed by atoms with van der Waals surface area (Å²) in [7, 11) is 0. The fraction of sp³-hybridized carbons (Fsp3) is 0.750. The average Bonchev–Trinajstić information content (AvgIpc) is 2.61. The molecule has 0 bridgehead atoms. The van der Waals surface area contributed by atoms with Crippen molar-refractivity contribution in [2.45, 2.75) is 51.7 Å². The van der Waals surface area contributed by atoms with E-state index in [1.165, 1.54) is 29.1 Å². The normalized spacial score (nSPS) is 23.3. The van der Waals surface area contributed by atoms with Crippen LogP contribution in [-0.2, 0) is 11.2 Å². The van der Waals surface area contributed by atoms with Gasteiger partial charge in [0, 0.05) is 23.9 Å². The van der Waals surface area contributed by atoms with Gasteiger partial charge >= 0.3 is 0 Å². The van der Waals surface area contributed by atoms with Gasteiger partial charge in [0.1, 0.15) is 0 Å². The van der Waals surface area contributed by atoms with Crippen LogP contribution in [0.25, 0.3) is 0 Å². The monoisotopic (exact) mass is 240 g/mol. The van der Waals surface area contributed by atoms with Gasteiger partial charge in [-0.2, -0.15) is 0 Å². The van der Waals surface area contributed by atoms with Gasteiger partial charge < -0.3 is 10.5 Å². The van der Waals surface area contributed by atoms with Crippen LogP contribution in [0.4, 0.5) is 0 Å². The van der Waals surface area contributed by atoms with Crippen molar-refractivity contribution < 1.29 is 4.74 Å². The summed E-state index contributed by atoms with van der Waals surface area (Å²) < 4.78 is 5.73. The number of hydrogen-bond donors (Lipinski definition) is 1. The fourth-order valence-corrected chi connectivity index (χ4v) is 3.22. The van der Waals surface area contributed by atoms with Gasteiger partial charge in [-0.1, -0.05) is 0 Å². The number of aromatic nitrogens is 1. The Morgan fingerprint density at radius 3 is 2.94 bits per heavy atom. The second-order valence-corrected chi connectivity index (χ2v) is 5.65. The molecule has 2 N–H and O–H groups in total. The minimum atomic E-state index is 0.0959. The largest absolute Gasteiger partial charge is 0.378 e. The predicted octanol–water partition coefficient (Wildman–Crippen LogP) is 2.58. The Morgan fingerprint density at radius 1 is 1.56 bits per heavy atom. The number of nitrogens with two attached hydrogens (primary N) is 1. The zero-order valence-electron chi connectivity index (χ0n) is 10.0. The van der Waals surface area contributed by atoms with Gasteiger partial charge in [-0.3, -0.25) is 0 Å². The van der Waals surface area contributed by atoms with Gasteiger partial charge in [-0.05, 0) is 33.1 Å². The molecule has 1 aliphatic rings. The summed E-state index contributed by atoms with van der Waals surface area (Å²) in [6.45, 7) is 4.97. The average molecular weight is 240 g/mol. The Bertz CT molecular complexity index is 343. The van der Waals surface area contributed by atoms with Gasteiger partial charge in [0.05, 0.1) is 16.8 Å². The molecule has 1 fully saturated rings. The Hall–Kier alpha value is -0.450. The van der Waals surface area contributed by atoms with Crippen LogP contribution in [0.5, 0.6) is 0 Å². The van der Waals surface area contributed by atoms with Gasteiger partial charge in [0.25, 0.3) is 0 Å². The van der Waals surface area contributed by atoms with E-state index >= 15 is 0 Å². The lowest BCUT2D eigenvalue weighted by Crippen LogP contribution is -2.21. The molecule has 2 atom stereocenters. The van der Waals surface area contributed by atoms with Crippen molar-refractivity contribution in [3.8, 4) is 0 Å². The van der Waals surface area contributed by atoms with Gasteiger partial charge in [-0.25, -0.2) is 4.98 Å². The number of thiazole rings is 1. The molecule has 90 valence electrons. The summed E-state index contributed by atoms with van der Waals surface area (Å²) in [6.07, 6.45) is 5.00. The molecular weight excluding hydrogens is 220 g/mol. The summed E-state index contributed by atoms with van der Waals surface area (Å²) >= 11 is 1.75. The lowest BCUT2D eigenvalue weighted by molar-refractivity contribution is 0.0167. The molecule has 1 aromatic rings. The molecule has 1 aromatic heterocycles. The predicted molar refractivity (Wildman–Crippen MR) is 66.7 cm³/mol. The highest BCUT2D eigenvalue weighted by Crippen LogP contribution is 2.26. The smallest absolute Gasteiger partial charge is 0.0957 e. The highest BCUT2D eigenvalue weighted by molar-refractivity contribution is 7.11. The van der Waals surface area contributed by atoms with E-state index in [1.807, 2.05) is 13.8 Å². The first kappa shape index (κ1) is 12.0. The number of nitrogens with zero attached hydrogens (tertiary/aromatic N) is 1. The van der Waals surface area contributed by atoms with Crippen LogP contribution < -0.4 is 5.73 Å². The first-order valence-corrected chi connectivity index (χ1v) is 6.82. The Labute approximate surface area is 101 Å². The lowest BCUT2D eigenvalue weighted by Gasteiger charge is -2.21. The minimum Gasteiger partial charge on any atom is -0.378 e. The molecule has 0 amide bonds. The molecule has 0 aromatic carbocycles. The van der Waals surface area contributed by atoms with Crippen LogP contribution in [0, 0.1) is 6.92 Å². The SMILES string of the molecule is Cc1nc(CC2CCCCO2)sc1C(C)N. The molecule has 2 rings (SSSR count). The highest BCUT2D eigenvalue weighted by atomic mass is 32.1. The van der Waals surface area contributed by atoms with Crippen LogP contribution in [0.2, 0.25) is 0 Å². The molecule has 16 heavy (non-hydrogen) atoms. The summed E-state index contributed by atoms with van der Waals surface area (Å²) in [5.41, 5.74) is 6.99. The lowest BCUT2D eigenvalue weighted by atomic mass is 10.1. The van der Waals surface area contributed by atoms with Crippen molar-refractivity contribution in [2.24, 2.45) is 5.73 Å². The molecule has 0 spiro atoms. The van der Waals surface area contributed by atoms with Crippen LogP contribution in [-0.4, -0.2) is 17.7 Å². The third-order valence-electron chi connectivity index (χ3n) is 2.97. The van der Waals surface area contributed by atoms with E-state index < -0.39 is 0 Å². The quantitative estimate of drug-likeness (QED) is 0.883. The number of ether oxygens (including phenoxy) is 1. The summed E-state index contributed by atoms with van der Waals surface area (Å²) in [4.78, 5) is 5.80. The van der Waals surface area contributed by atoms with E-state index in [9.17, 15) is 0 Å². The number of hydrogen-bond acceptors (Lipinski definition) is 4. The maximum atomic E-state index is 5.90. The summed E-state index contributed by atoms with van der Waals surface area (Å²) in [5.74, 6) is 0. The van der Waals surface area contributed by atoms with E-state index in [2.05, 4.69) is 4.98 Å². The maximum absolute atomic E-state index is 5.90. The van der Waals surface area contributed by atoms with Gasteiger partial charge in [0.15, 0.2) is 0 Å². The molecule has 3 nitrogen and oxygen atoms in total. The van der Waals surface area contributed by atoms with E-state index in [0.29, 0.717) is 6.10 Å². The van der Waals surface area contributed by atoms with Crippen LogP contribution in [0.3, 0.4) is 0 Å². The first-order chi connectivity index (χ1) is 7.66. The zero-order chi connectivity index (χ0) is 11.5. The zero-order valence-corrected chi connectivity index (χ0v) is 10.8. The van der Waals surface area contributed by atoms with E-state index in [0.717, 1.165) is 18.7 Å². The van der Waals surface area contributed by atoms with E-state index in [1.54, 1.807) is 11.3 Å². The van der Waals surface area contributed by atoms with Crippen LogP contribution >= 0.6 is 11.3 Å². The molecular formula is C12H20N2OS. The van der Waals surface area contributed by atoms with Crippen LogP contribution in [0.15, 0.2) is 0 Å². The Morgan fingerprint density at radius 2 is 2.38 bits per heavy atom. The number of rotatable bonds is 3. The second kappa shape index (κ2) is 5.25. The molecule has 0 aliphatic carbocycles. The highest BCUT2D eigenvalue weighted by Gasteiger charge is 2.18. The molecule has 1 saturated heterocycles.